The highest BCUT2D eigenvalue weighted by molar-refractivity contribution is 7.92. The molecule has 6 heteroatoms. The van der Waals surface area contributed by atoms with Crippen LogP contribution in [0.3, 0.4) is 0 Å². The molecule has 1 amide bonds. The molecule has 1 aliphatic heterocycles. The zero-order valence-electron chi connectivity index (χ0n) is 13.0. The summed E-state index contributed by atoms with van der Waals surface area (Å²) in [6, 6.07) is 11.8. The van der Waals surface area contributed by atoms with Gasteiger partial charge in [0.05, 0.1) is 4.90 Å². The highest BCUT2D eigenvalue weighted by atomic mass is 32.2. The topological polar surface area (TPSA) is 75.3 Å². The third kappa shape index (κ3) is 3.07. The number of fused-ring (bicyclic) bond motifs is 1. The lowest BCUT2D eigenvalue weighted by Gasteiger charge is -2.10. The van der Waals surface area contributed by atoms with Gasteiger partial charge in [0.2, 0.25) is 0 Å². The van der Waals surface area contributed by atoms with E-state index in [1.165, 1.54) is 0 Å². The lowest BCUT2D eigenvalue weighted by molar-refractivity contribution is 0.0966. The maximum Gasteiger partial charge on any atom is 0.261 e. The number of sulfonamides is 1. The molecule has 0 bridgehead atoms. The van der Waals surface area contributed by atoms with Crippen molar-refractivity contribution in [3.8, 4) is 0 Å². The zero-order valence-corrected chi connectivity index (χ0v) is 13.8. The second-order valence-corrected chi connectivity index (χ2v) is 7.57. The van der Waals surface area contributed by atoms with E-state index in [0.717, 1.165) is 11.1 Å². The van der Waals surface area contributed by atoms with Gasteiger partial charge in [-0.25, -0.2) is 8.42 Å². The molecule has 0 atom stereocenters. The van der Waals surface area contributed by atoms with Gasteiger partial charge in [-0.05, 0) is 41.3 Å². The van der Waals surface area contributed by atoms with E-state index >= 15 is 0 Å². The first-order valence-electron chi connectivity index (χ1n) is 7.41. The molecule has 23 heavy (non-hydrogen) atoms. The fourth-order valence-corrected chi connectivity index (χ4v) is 3.57. The van der Waals surface area contributed by atoms with E-state index in [9.17, 15) is 13.2 Å². The highest BCUT2D eigenvalue weighted by Crippen LogP contribution is 2.23. The minimum absolute atomic E-state index is 0.178. The van der Waals surface area contributed by atoms with E-state index in [-0.39, 0.29) is 10.8 Å². The molecule has 0 aromatic heterocycles. The van der Waals surface area contributed by atoms with Gasteiger partial charge < -0.3 is 5.32 Å². The highest BCUT2D eigenvalue weighted by Gasteiger charge is 2.20. The SMILES string of the molecule is CC(C)c1ccc(S(=O)(=O)Nc2ccc3c(c2)C(=O)NC3)cc1. The molecule has 2 N–H and O–H groups in total. The Bertz CT molecular complexity index is 856. The van der Waals surface area contributed by atoms with Crippen molar-refractivity contribution in [1.82, 2.24) is 5.32 Å². The maximum atomic E-state index is 12.5. The summed E-state index contributed by atoms with van der Waals surface area (Å²) < 4.78 is 27.4. The summed E-state index contributed by atoms with van der Waals surface area (Å²) >= 11 is 0. The number of benzene rings is 2. The van der Waals surface area contributed by atoms with E-state index in [0.29, 0.717) is 23.7 Å². The fourth-order valence-electron chi connectivity index (χ4n) is 2.52. The van der Waals surface area contributed by atoms with Crippen molar-refractivity contribution in [2.24, 2.45) is 0 Å². The number of hydrogen-bond donors (Lipinski definition) is 2. The van der Waals surface area contributed by atoms with E-state index in [1.54, 1.807) is 30.3 Å². The number of anilines is 1. The van der Waals surface area contributed by atoms with Crippen molar-refractivity contribution in [1.29, 1.82) is 0 Å². The Morgan fingerprint density at radius 2 is 1.78 bits per heavy atom. The van der Waals surface area contributed by atoms with Crippen LogP contribution in [0.15, 0.2) is 47.4 Å². The first-order chi connectivity index (χ1) is 10.9. The normalized spacial score (nSPS) is 13.8. The van der Waals surface area contributed by atoms with E-state index in [4.69, 9.17) is 0 Å². The van der Waals surface area contributed by atoms with Crippen LogP contribution in [0.1, 0.15) is 41.3 Å². The molecule has 1 aliphatic rings. The molecule has 2 aromatic carbocycles. The Hall–Kier alpha value is -2.34. The molecule has 0 saturated heterocycles. The molecular formula is C17H18N2O3S. The van der Waals surface area contributed by atoms with E-state index in [1.807, 2.05) is 12.1 Å². The molecule has 0 unspecified atom stereocenters. The second kappa shape index (κ2) is 5.70. The van der Waals surface area contributed by atoms with Crippen molar-refractivity contribution in [2.75, 3.05) is 4.72 Å². The van der Waals surface area contributed by atoms with E-state index < -0.39 is 10.0 Å². The molecule has 0 radical (unpaired) electrons. The lowest BCUT2D eigenvalue weighted by Crippen LogP contribution is -2.14. The lowest BCUT2D eigenvalue weighted by atomic mass is 10.0. The summed E-state index contributed by atoms with van der Waals surface area (Å²) in [4.78, 5) is 11.9. The molecule has 0 fully saturated rings. The van der Waals surface area contributed by atoms with Gasteiger partial charge in [0, 0.05) is 17.8 Å². The smallest absolute Gasteiger partial charge is 0.261 e. The number of carbonyl (C=O) groups excluding carboxylic acids is 1. The summed E-state index contributed by atoms with van der Waals surface area (Å²) in [6.45, 7) is 4.59. The van der Waals surface area contributed by atoms with Crippen LogP contribution in [0.2, 0.25) is 0 Å². The van der Waals surface area contributed by atoms with Gasteiger partial charge in [0.15, 0.2) is 0 Å². The van der Waals surface area contributed by atoms with Gasteiger partial charge >= 0.3 is 0 Å². The molecule has 2 aromatic rings. The maximum absolute atomic E-state index is 12.5. The summed E-state index contributed by atoms with van der Waals surface area (Å²) in [5.74, 6) is 0.164. The van der Waals surface area contributed by atoms with Gasteiger partial charge in [-0.3, -0.25) is 9.52 Å². The van der Waals surface area contributed by atoms with Crippen LogP contribution >= 0.6 is 0 Å². The summed E-state index contributed by atoms with van der Waals surface area (Å²) in [5.41, 5.74) is 2.85. The Labute approximate surface area is 135 Å². The van der Waals surface area contributed by atoms with Crippen molar-refractivity contribution < 1.29 is 13.2 Å². The summed E-state index contributed by atoms with van der Waals surface area (Å²) in [7, 11) is -3.67. The quantitative estimate of drug-likeness (QED) is 0.905. The summed E-state index contributed by atoms with van der Waals surface area (Å²) in [6.07, 6.45) is 0. The molecule has 0 spiro atoms. The average molecular weight is 330 g/mol. The predicted octanol–water partition coefficient (Wildman–Crippen LogP) is 2.85. The third-order valence-electron chi connectivity index (χ3n) is 3.90. The van der Waals surface area contributed by atoms with Crippen LogP contribution in [0.25, 0.3) is 0 Å². The molecule has 0 saturated carbocycles. The molecule has 1 heterocycles. The number of rotatable bonds is 4. The number of hydrogen-bond acceptors (Lipinski definition) is 3. The Morgan fingerprint density at radius 3 is 2.43 bits per heavy atom. The van der Waals surface area contributed by atoms with Gasteiger partial charge in [0.25, 0.3) is 15.9 Å². The Balaban J connectivity index is 1.86. The van der Waals surface area contributed by atoms with Crippen LogP contribution in [0, 0.1) is 0 Å². The van der Waals surface area contributed by atoms with Crippen LogP contribution < -0.4 is 10.0 Å². The van der Waals surface area contributed by atoms with Crippen molar-refractivity contribution in [2.45, 2.75) is 31.2 Å². The first kappa shape index (κ1) is 15.6. The van der Waals surface area contributed by atoms with Crippen molar-refractivity contribution in [3.05, 3.63) is 59.2 Å². The van der Waals surface area contributed by atoms with E-state index in [2.05, 4.69) is 23.9 Å². The molecule has 120 valence electrons. The summed E-state index contributed by atoms with van der Waals surface area (Å²) in [5, 5.41) is 2.71. The van der Waals surface area contributed by atoms with Crippen LogP contribution in [-0.4, -0.2) is 14.3 Å². The van der Waals surface area contributed by atoms with Crippen molar-refractivity contribution >= 4 is 21.6 Å². The van der Waals surface area contributed by atoms with Crippen LogP contribution in [0.4, 0.5) is 5.69 Å². The Kier molecular flexibility index (Phi) is 3.85. The third-order valence-corrected chi connectivity index (χ3v) is 5.30. The van der Waals surface area contributed by atoms with Gasteiger partial charge in [-0.1, -0.05) is 32.0 Å². The standard InChI is InChI=1S/C17H18N2O3S/c1-11(2)12-4-7-15(8-5-12)23(21,22)19-14-6-3-13-10-18-17(20)16(13)9-14/h3-9,11,19H,10H2,1-2H3,(H,18,20). The number of nitrogens with one attached hydrogen (secondary N) is 2. The second-order valence-electron chi connectivity index (χ2n) is 5.88. The minimum Gasteiger partial charge on any atom is -0.348 e. The van der Waals surface area contributed by atoms with Gasteiger partial charge in [-0.15, -0.1) is 0 Å². The Morgan fingerprint density at radius 1 is 1.09 bits per heavy atom. The number of carbonyl (C=O) groups is 1. The monoisotopic (exact) mass is 330 g/mol. The first-order valence-corrected chi connectivity index (χ1v) is 8.89. The predicted molar refractivity (Wildman–Crippen MR) is 89.0 cm³/mol. The van der Waals surface area contributed by atoms with Crippen LogP contribution in [0.5, 0.6) is 0 Å². The van der Waals surface area contributed by atoms with Gasteiger partial charge in [0.1, 0.15) is 0 Å². The molecule has 5 nitrogen and oxygen atoms in total. The average Bonchev–Trinajstić information content (AvgIpc) is 2.88. The van der Waals surface area contributed by atoms with Crippen LogP contribution in [-0.2, 0) is 16.6 Å². The fraction of sp³-hybridized carbons (Fsp3) is 0.235. The minimum atomic E-state index is -3.67. The molecular weight excluding hydrogens is 312 g/mol. The number of amides is 1. The van der Waals surface area contributed by atoms with Crippen molar-refractivity contribution in [3.63, 3.8) is 0 Å². The molecule has 0 aliphatic carbocycles. The molecule has 3 rings (SSSR count). The largest absolute Gasteiger partial charge is 0.348 e. The van der Waals surface area contributed by atoms with Gasteiger partial charge in [-0.2, -0.15) is 0 Å². The zero-order chi connectivity index (χ0) is 16.6.